The smallest absolute Gasteiger partial charge is 0.265 e. The Morgan fingerprint density at radius 1 is 1.12 bits per heavy atom. The Hall–Kier alpha value is -3.15. The number of hydrogen-bond acceptors (Lipinski definition) is 4. The summed E-state index contributed by atoms with van der Waals surface area (Å²) in [6.07, 6.45) is 0.783. The van der Waals surface area contributed by atoms with E-state index in [0.717, 1.165) is 5.39 Å². The third kappa shape index (κ3) is 3.52. The van der Waals surface area contributed by atoms with E-state index in [-0.39, 0.29) is 5.75 Å². The largest absolute Gasteiger partial charge is 0.494 e. The maximum Gasteiger partial charge on any atom is 0.265 e. The van der Waals surface area contributed by atoms with Crippen LogP contribution in [0.15, 0.2) is 54.7 Å². The Labute approximate surface area is 144 Å². The lowest BCUT2D eigenvalue weighted by molar-refractivity contribution is -0.122. The molecular formula is C19H17FN2O3. The summed E-state index contributed by atoms with van der Waals surface area (Å²) in [5.74, 6) is -0.254. The number of nitrogens with one attached hydrogen (secondary N) is 1. The van der Waals surface area contributed by atoms with Crippen LogP contribution in [0.2, 0.25) is 0 Å². The average molecular weight is 340 g/mol. The van der Waals surface area contributed by atoms with Gasteiger partial charge < -0.3 is 14.8 Å². The number of carbonyl (C=O) groups is 1. The fourth-order valence-electron chi connectivity index (χ4n) is 2.44. The van der Waals surface area contributed by atoms with Crippen molar-refractivity contribution in [3.05, 3.63) is 60.5 Å². The fraction of sp³-hybridized carbons (Fsp3) is 0.158. The van der Waals surface area contributed by atoms with Crippen LogP contribution in [0.4, 0.5) is 10.1 Å². The number of para-hydroxylation sites is 1. The number of aromatic nitrogens is 1. The molecule has 0 saturated heterocycles. The molecule has 0 bridgehead atoms. The second kappa shape index (κ2) is 7.17. The van der Waals surface area contributed by atoms with Crippen molar-refractivity contribution in [3.63, 3.8) is 0 Å². The number of benzene rings is 2. The monoisotopic (exact) mass is 340 g/mol. The molecule has 0 saturated carbocycles. The van der Waals surface area contributed by atoms with Crippen molar-refractivity contribution in [3.8, 4) is 11.5 Å². The summed E-state index contributed by atoms with van der Waals surface area (Å²) in [7, 11) is 1.56. The highest BCUT2D eigenvalue weighted by Crippen LogP contribution is 2.30. The quantitative estimate of drug-likeness (QED) is 0.768. The van der Waals surface area contributed by atoms with Gasteiger partial charge in [-0.25, -0.2) is 4.39 Å². The molecule has 1 N–H and O–H groups in total. The zero-order chi connectivity index (χ0) is 17.8. The number of halogens is 1. The van der Waals surface area contributed by atoms with Crippen molar-refractivity contribution in [1.29, 1.82) is 0 Å². The molecule has 1 heterocycles. The van der Waals surface area contributed by atoms with E-state index < -0.39 is 17.8 Å². The second-order valence-corrected chi connectivity index (χ2v) is 5.39. The number of methoxy groups -OCH3 is 1. The molecule has 3 rings (SSSR count). The molecule has 128 valence electrons. The summed E-state index contributed by atoms with van der Waals surface area (Å²) in [6, 6.07) is 13.0. The van der Waals surface area contributed by atoms with Gasteiger partial charge in [0.1, 0.15) is 11.3 Å². The standard InChI is InChI=1S/C19H17FN2O3/c1-12(25-16-8-4-3-7-14(16)20)19(23)22-15-9-10-17(24-2)18-13(15)6-5-11-21-18/h3-12H,1-2H3,(H,22,23)/t12-/m1/s1. The zero-order valence-electron chi connectivity index (χ0n) is 13.8. The number of anilines is 1. The van der Waals surface area contributed by atoms with Gasteiger partial charge in [-0.05, 0) is 43.3 Å². The van der Waals surface area contributed by atoms with Gasteiger partial charge in [0.25, 0.3) is 5.91 Å². The van der Waals surface area contributed by atoms with Crippen molar-refractivity contribution in [2.45, 2.75) is 13.0 Å². The topological polar surface area (TPSA) is 60.5 Å². The average Bonchev–Trinajstić information content (AvgIpc) is 2.63. The number of nitrogens with zero attached hydrogens (tertiary/aromatic N) is 1. The number of pyridine rings is 1. The molecule has 0 aliphatic carbocycles. The van der Waals surface area contributed by atoms with Crippen LogP contribution < -0.4 is 14.8 Å². The Balaban J connectivity index is 1.81. The van der Waals surface area contributed by atoms with Crippen molar-refractivity contribution in [2.75, 3.05) is 12.4 Å². The van der Waals surface area contributed by atoms with Crippen LogP contribution in [-0.4, -0.2) is 24.1 Å². The maximum absolute atomic E-state index is 13.7. The number of ether oxygens (including phenoxy) is 2. The second-order valence-electron chi connectivity index (χ2n) is 5.39. The first kappa shape index (κ1) is 16.7. The van der Waals surface area contributed by atoms with Gasteiger partial charge >= 0.3 is 0 Å². The Kier molecular flexibility index (Phi) is 4.79. The van der Waals surface area contributed by atoms with Gasteiger partial charge in [-0.2, -0.15) is 0 Å². The number of hydrogen-bond donors (Lipinski definition) is 1. The van der Waals surface area contributed by atoms with Crippen LogP contribution >= 0.6 is 0 Å². The van der Waals surface area contributed by atoms with Crippen LogP contribution in [0.3, 0.4) is 0 Å². The Morgan fingerprint density at radius 2 is 1.92 bits per heavy atom. The van der Waals surface area contributed by atoms with E-state index in [0.29, 0.717) is 17.0 Å². The van der Waals surface area contributed by atoms with Gasteiger partial charge in [-0.3, -0.25) is 9.78 Å². The van der Waals surface area contributed by atoms with Gasteiger partial charge in [-0.15, -0.1) is 0 Å². The SMILES string of the molecule is COc1ccc(NC(=O)[C@@H](C)Oc2ccccc2F)c2cccnc12. The Morgan fingerprint density at radius 3 is 2.68 bits per heavy atom. The molecule has 1 amide bonds. The first-order chi connectivity index (χ1) is 12.1. The lowest BCUT2D eigenvalue weighted by Crippen LogP contribution is -2.30. The molecule has 0 radical (unpaired) electrons. The van der Waals surface area contributed by atoms with E-state index in [2.05, 4.69) is 10.3 Å². The molecule has 0 aliphatic rings. The third-order valence-electron chi connectivity index (χ3n) is 3.72. The summed E-state index contributed by atoms with van der Waals surface area (Å²) < 4.78 is 24.3. The highest BCUT2D eigenvalue weighted by molar-refractivity contribution is 6.04. The van der Waals surface area contributed by atoms with Gasteiger partial charge in [0.05, 0.1) is 12.8 Å². The molecule has 25 heavy (non-hydrogen) atoms. The molecule has 2 aromatic carbocycles. The highest BCUT2D eigenvalue weighted by atomic mass is 19.1. The molecule has 0 aliphatic heterocycles. The molecular weight excluding hydrogens is 323 g/mol. The summed E-state index contributed by atoms with van der Waals surface area (Å²) in [6.45, 7) is 1.56. The van der Waals surface area contributed by atoms with Crippen LogP contribution in [-0.2, 0) is 4.79 Å². The molecule has 5 nitrogen and oxygen atoms in total. The van der Waals surface area contributed by atoms with E-state index >= 15 is 0 Å². The summed E-state index contributed by atoms with van der Waals surface area (Å²) >= 11 is 0. The van der Waals surface area contributed by atoms with Crippen molar-refractivity contribution in [2.24, 2.45) is 0 Å². The van der Waals surface area contributed by atoms with E-state index in [4.69, 9.17) is 9.47 Å². The number of rotatable bonds is 5. The molecule has 1 atom stereocenters. The van der Waals surface area contributed by atoms with Gasteiger partial charge in [-0.1, -0.05) is 12.1 Å². The van der Waals surface area contributed by atoms with E-state index in [1.165, 1.54) is 12.1 Å². The highest BCUT2D eigenvalue weighted by Gasteiger charge is 2.18. The van der Waals surface area contributed by atoms with Crippen molar-refractivity contribution >= 4 is 22.5 Å². The van der Waals surface area contributed by atoms with Crippen LogP contribution in [0.5, 0.6) is 11.5 Å². The molecule has 3 aromatic rings. The molecule has 1 aromatic heterocycles. The molecule has 0 unspecified atom stereocenters. The van der Waals surface area contributed by atoms with E-state index in [1.807, 2.05) is 6.07 Å². The Bertz CT molecular complexity index is 914. The minimum atomic E-state index is -0.870. The number of fused-ring (bicyclic) bond motifs is 1. The van der Waals surface area contributed by atoms with Gasteiger partial charge in [0.2, 0.25) is 0 Å². The van der Waals surface area contributed by atoms with Crippen molar-refractivity contribution in [1.82, 2.24) is 4.98 Å². The van der Waals surface area contributed by atoms with Gasteiger partial charge in [0, 0.05) is 11.6 Å². The maximum atomic E-state index is 13.7. The molecule has 0 fully saturated rings. The lowest BCUT2D eigenvalue weighted by Gasteiger charge is -2.16. The van der Waals surface area contributed by atoms with Crippen molar-refractivity contribution < 1.29 is 18.7 Å². The van der Waals surface area contributed by atoms with Crippen LogP contribution in [0.1, 0.15) is 6.92 Å². The minimum Gasteiger partial charge on any atom is -0.494 e. The first-order valence-corrected chi connectivity index (χ1v) is 7.74. The van der Waals surface area contributed by atoms with E-state index in [9.17, 15) is 9.18 Å². The summed E-state index contributed by atoms with van der Waals surface area (Å²) in [5, 5.41) is 3.54. The molecule has 0 spiro atoms. The molecule has 6 heteroatoms. The minimum absolute atomic E-state index is 0.0337. The van der Waals surface area contributed by atoms with E-state index in [1.54, 1.807) is 50.6 Å². The van der Waals surface area contributed by atoms with Crippen LogP contribution in [0.25, 0.3) is 10.9 Å². The predicted octanol–water partition coefficient (Wildman–Crippen LogP) is 3.79. The first-order valence-electron chi connectivity index (χ1n) is 7.74. The lowest BCUT2D eigenvalue weighted by atomic mass is 10.1. The zero-order valence-corrected chi connectivity index (χ0v) is 13.8. The number of amides is 1. The van der Waals surface area contributed by atoms with Crippen LogP contribution in [0, 0.1) is 5.82 Å². The third-order valence-corrected chi connectivity index (χ3v) is 3.72. The fourth-order valence-corrected chi connectivity index (χ4v) is 2.44. The van der Waals surface area contributed by atoms with Gasteiger partial charge in [0.15, 0.2) is 17.7 Å². The normalized spacial score (nSPS) is 11.8. The predicted molar refractivity (Wildman–Crippen MR) is 93.4 cm³/mol. The number of carbonyl (C=O) groups excluding carboxylic acids is 1. The summed E-state index contributed by atoms with van der Waals surface area (Å²) in [5.41, 5.74) is 1.23. The summed E-state index contributed by atoms with van der Waals surface area (Å²) in [4.78, 5) is 16.7.